The molecule has 0 atom stereocenters. The molecule has 100 valence electrons. The fourth-order valence-corrected chi connectivity index (χ4v) is 2.33. The predicted molar refractivity (Wildman–Crippen MR) is 80.3 cm³/mol. The Balaban J connectivity index is 2.21. The first-order chi connectivity index (χ1) is 9.83. The summed E-state index contributed by atoms with van der Waals surface area (Å²) in [5.74, 6) is 1.13. The molecule has 0 saturated heterocycles. The summed E-state index contributed by atoms with van der Waals surface area (Å²) in [4.78, 5) is 4.54. The van der Waals surface area contributed by atoms with Gasteiger partial charge in [-0.15, -0.1) is 0 Å². The molecular formula is C17H15NO2. The molecule has 0 N–H and O–H groups in total. The van der Waals surface area contributed by atoms with Crippen LogP contribution in [0.15, 0.2) is 54.6 Å². The Kier molecular flexibility index (Phi) is 3.25. The average Bonchev–Trinajstić information content (AvgIpc) is 2.53. The Bertz CT molecular complexity index is 748. The van der Waals surface area contributed by atoms with Crippen LogP contribution in [0.5, 0.6) is 11.6 Å². The third-order valence-corrected chi connectivity index (χ3v) is 3.30. The summed E-state index contributed by atoms with van der Waals surface area (Å²) < 4.78 is 10.5. The molecular weight excluding hydrogens is 250 g/mol. The van der Waals surface area contributed by atoms with E-state index in [1.807, 2.05) is 30.3 Å². The maximum Gasteiger partial charge on any atom is 0.257 e. The molecule has 0 aliphatic heterocycles. The molecule has 0 radical (unpaired) electrons. The van der Waals surface area contributed by atoms with Crippen molar-refractivity contribution in [2.24, 2.45) is 0 Å². The molecule has 0 aliphatic carbocycles. The molecule has 0 spiro atoms. The second kappa shape index (κ2) is 5.21. The number of benzene rings is 2. The van der Waals surface area contributed by atoms with Gasteiger partial charge in [0.1, 0.15) is 0 Å². The fourth-order valence-electron chi connectivity index (χ4n) is 2.33. The molecule has 1 heterocycles. The number of nitrogens with zero attached hydrogens (tertiary/aromatic N) is 1. The van der Waals surface area contributed by atoms with E-state index >= 15 is 0 Å². The smallest absolute Gasteiger partial charge is 0.257 e. The van der Waals surface area contributed by atoms with Gasteiger partial charge in [0.25, 0.3) is 5.88 Å². The number of methoxy groups -OCH3 is 2. The van der Waals surface area contributed by atoms with E-state index in [0.717, 1.165) is 11.3 Å². The van der Waals surface area contributed by atoms with Crippen molar-refractivity contribution in [3.05, 3.63) is 54.6 Å². The Hall–Kier alpha value is -2.55. The lowest BCUT2D eigenvalue weighted by Crippen LogP contribution is -1.95. The van der Waals surface area contributed by atoms with Crippen molar-refractivity contribution in [1.29, 1.82) is 0 Å². The van der Waals surface area contributed by atoms with Crippen LogP contribution >= 0.6 is 0 Å². The van der Waals surface area contributed by atoms with Crippen molar-refractivity contribution in [3.8, 4) is 22.9 Å². The number of fused-ring (bicyclic) bond motifs is 1. The van der Waals surface area contributed by atoms with E-state index in [1.54, 1.807) is 14.2 Å². The second-order valence-electron chi connectivity index (χ2n) is 4.43. The van der Waals surface area contributed by atoms with E-state index in [9.17, 15) is 0 Å². The van der Waals surface area contributed by atoms with Gasteiger partial charge in [0, 0.05) is 5.56 Å². The topological polar surface area (TPSA) is 31.4 Å². The van der Waals surface area contributed by atoms with Crippen LogP contribution in [-0.2, 0) is 0 Å². The van der Waals surface area contributed by atoms with Gasteiger partial charge < -0.3 is 9.47 Å². The van der Waals surface area contributed by atoms with Gasteiger partial charge in [-0.1, -0.05) is 42.5 Å². The Labute approximate surface area is 117 Å². The third-order valence-electron chi connectivity index (χ3n) is 3.30. The molecule has 3 heteroatoms. The lowest BCUT2D eigenvalue weighted by molar-refractivity contribution is 0.343. The van der Waals surface area contributed by atoms with Crippen molar-refractivity contribution < 1.29 is 9.47 Å². The first-order valence-corrected chi connectivity index (χ1v) is 6.40. The molecule has 0 bridgehead atoms. The molecule has 3 rings (SSSR count). The monoisotopic (exact) mass is 265 g/mol. The number of aromatic nitrogens is 1. The summed E-state index contributed by atoms with van der Waals surface area (Å²) in [7, 11) is 3.20. The molecule has 2 aromatic carbocycles. The van der Waals surface area contributed by atoms with Gasteiger partial charge in [-0.3, -0.25) is 0 Å². The summed E-state index contributed by atoms with van der Waals surface area (Å²) in [5.41, 5.74) is 1.96. The standard InChI is InChI=1S/C17H15NO2/c1-19-16-11-10-15(18-17(16)20-2)14-9-5-7-12-6-3-4-8-13(12)14/h3-11H,1-2H3. The zero-order chi connectivity index (χ0) is 13.9. The van der Waals surface area contributed by atoms with Crippen molar-refractivity contribution >= 4 is 10.8 Å². The van der Waals surface area contributed by atoms with Crippen LogP contribution in [0.4, 0.5) is 0 Å². The molecule has 1 aromatic heterocycles. The zero-order valence-electron chi connectivity index (χ0n) is 11.5. The van der Waals surface area contributed by atoms with Crippen LogP contribution < -0.4 is 9.47 Å². The van der Waals surface area contributed by atoms with Gasteiger partial charge in [-0.05, 0) is 22.9 Å². The highest BCUT2D eigenvalue weighted by Crippen LogP contribution is 2.32. The Morgan fingerprint density at radius 2 is 1.60 bits per heavy atom. The minimum absolute atomic E-state index is 0.498. The first kappa shape index (κ1) is 12.5. The van der Waals surface area contributed by atoms with E-state index in [-0.39, 0.29) is 0 Å². The van der Waals surface area contributed by atoms with Crippen molar-refractivity contribution in [2.45, 2.75) is 0 Å². The number of hydrogen-bond acceptors (Lipinski definition) is 3. The number of rotatable bonds is 3. The molecule has 0 saturated carbocycles. The number of hydrogen-bond donors (Lipinski definition) is 0. The minimum Gasteiger partial charge on any atom is -0.491 e. The van der Waals surface area contributed by atoms with Gasteiger partial charge in [0.15, 0.2) is 5.75 Å². The van der Waals surface area contributed by atoms with Crippen LogP contribution in [0.2, 0.25) is 0 Å². The highest BCUT2D eigenvalue weighted by atomic mass is 16.5. The summed E-state index contributed by atoms with van der Waals surface area (Å²) in [6.45, 7) is 0. The summed E-state index contributed by atoms with van der Waals surface area (Å²) in [6, 6.07) is 18.3. The molecule has 0 unspecified atom stereocenters. The number of ether oxygens (including phenoxy) is 2. The van der Waals surface area contributed by atoms with Crippen LogP contribution in [-0.4, -0.2) is 19.2 Å². The van der Waals surface area contributed by atoms with Crippen LogP contribution in [0.1, 0.15) is 0 Å². The highest BCUT2D eigenvalue weighted by Gasteiger charge is 2.10. The van der Waals surface area contributed by atoms with Crippen molar-refractivity contribution in [3.63, 3.8) is 0 Å². The quantitative estimate of drug-likeness (QED) is 0.719. The normalized spacial score (nSPS) is 10.5. The van der Waals surface area contributed by atoms with Crippen molar-refractivity contribution in [2.75, 3.05) is 14.2 Å². The number of pyridine rings is 1. The third kappa shape index (κ3) is 2.07. The fraction of sp³-hybridized carbons (Fsp3) is 0.118. The van der Waals surface area contributed by atoms with Crippen LogP contribution in [0, 0.1) is 0 Å². The van der Waals surface area contributed by atoms with E-state index in [0.29, 0.717) is 11.6 Å². The van der Waals surface area contributed by atoms with Gasteiger partial charge >= 0.3 is 0 Å². The highest BCUT2D eigenvalue weighted by molar-refractivity contribution is 5.95. The summed E-state index contributed by atoms with van der Waals surface area (Å²) in [5, 5.41) is 2.37. The van der Waals surface area contributed by atoms with Crippen LogP contribution in [0.25, 0.3) is 22.0 Å². The lowest BCUT2D eigenvalue weighted by Gasteiger charge is -2.10. The molecule has 0 aliphatic rings. The van der Waals surface area contributed by atoms with Gasteiger partial charge in [-0.25, -0.2) is 4.98 Å². The molecule has 0 amide bonds. The Morgan fingerprint density at radius 3 is 2.40 bits per heavy atom. The zero-order valence-corrected chi connectivity index (χ0v) is 11.5. The maximum absolute atomic E-state index is 5.27. The first-order valence-electron chi connectivity index (χ1n) is 6.40. The maximum atomic E-state index is 5.27. The van der Waals surface area contributed by atoms with E-state index < -0.39 is 0 Å². The van der Waals surface area contributed by atoms with Gasteiger partial charge in [0.2, 0.25) is 0 Å². The average molecular weight is 265 g/mol. The Morgan fingerprint density at radius 1 is 0.800 bits per heavy atom. The summed E-state index contributed by atoms with van der Waals surface area (Å²) in [6.07, 6.45) is 0. The molecule has 3 nitrogen and oxygen atoms in total. The lowest BCUT2D eigenvalue weighted by atomic mass is 10.0. The SMILES string of the molecule is COc1ccc(-c2cccc3ccccc23)nc1OC. The van der Waals surface area contributed by atoms with Gasteiger partial charge in [0.05, 0.1) is 19.9 Å². The summed E-state index contributed by atoms with van der Waals surface area (Å²) >= 11 is 0. The minimum atomic E-state index is 0.498. The molecule has 3 aromatic rings. The largest absolute Gasteiger partial charge is 0.491 e. The van der Waals surface area contributed by atoms with Gasteiger partial charge in [-0.2, -0.15) is 0 Å². The van der Waals surface area contributed by atoms with E-state index in [2.05, 4.69) is 29.2 Å². The van der Waals surface area contributed by atoms with Crippen molar-refractivity contribution in [1.82, 2.24) is 4.98 Å². The second-order valence-corrected chi connectivity index (χ2v) is 4.43. The van der Waals surface area contributed by atoms with E-state index in [1.165, 1.54) is 10.8 Å². The predicted octanol–water partition coefficient (Wildman–Crippen LogP) is 3.92. The molecule has 20 heavy (non-hydrogen) atoms. The molecule has 0 fully saturated rings. The van der Waals surface area contributed by atoms with Crippen LogP contribution in [0.3, 0.4) is 0 Å². The van der Waals surface area contributed by atoms with E-state index in [4.69, 9.17) is 9.47 Å².